The molecule has 2 fully saturated rings. The van der Waals surface area contributed by atoms with E-state index in [0.717, 1.165) is 45.6 Å². The number of anilines is 1. The van der Waals surface area contributed by atoms with Gasteiger partial charge in [0.25, 0.3) is 0 Å². The standard InChI is InChI=1S/C16H20ClN5O/c1-20-7-9-21(10-8-20)16(23)14-3-2-6-22(14)15-5-4-12(17)13(11-18)19-15/h4-5,14H,2-3,6-10H2,1H3/t14-/m1/s1. The Morgan fingerprint density at radius 3 is 2.74 bits per heavy atom. The molecule has 122 valence electrons. The molecule has 2 aliphatic heterocycles. The zero-order valence-corrected chi connectivity index (χ0v) is 14.0. The molecule has 1 aromatic heterocycles. The van der Waals surface area contributed by atoms with E-state index in [1.807, 2.05) is 15.9 Å². The summed E-state index contributed by atoms with van der Waals surface area (Å²) in [7, 11) is 2.07. The molecule has 2 aliphatic rings. The summed E-state index contributed by atoms with van der Waals surface area (Å²) >= 11 is 5.95. The lowest BCUT2D eigenvalue weighted by molar-refractivity contribution is -0.134. The van der Waals surface area contributed by atoms with Crippen molar-refractivity contribution in [2.24, 2.45) is 0 Å². The molecule has 0 aliphatic carbocycles. The van der Waals surface area contributed by atoms with Gasteiger partial charge in [-0.15, -0.1) is 0 Å². The van der Waals surface area contributed by atoms with Gasteiger partial charge in [-0.2, -0.15) is 5.26 Å². The van der Waals surface area contributed by atoms with E-state index in [1.165, 1.54) is 0 Å². The lowest BCUT2D eigenvalue weighted by Crippen LogP contribution is -2.53. The Labute approximate surface area is 141 Å². The highest BCUT2D eigenvalue weighted by Gasteiger charge is 2.35. The van der Waals surface area contributed by atoms with Crippen molar-refractivity contribution in [3.63, 3.8) is 0 Å². The van der Waals surface area contributed by atoms with E-state index in [-0.39, 0.29) is 17.6 Å². The van der Waals surface area contributed by atoms with Crippen LogP contribution in [-0.2, 0) is 4.79 Å². The van der Waals surface area contributed by atoms with Gasteiger partial charge in [0.1, 0.15) is 17.9 Å². The van der Waals surface area contributed by atoms with Crippen molar-refractivity contribution >= 4 is 23.3 Å². The molecule has 1 atom stereocenters. The summed E-state index contributed by atoms with van der Waals surface area (Å²) in [5.41, 5.74) is 0.210. The van der Waals surface area contributed by atoms with Crippen molar-refractivity contribution in [1.82, 2.24) is 14.8 Å². The zero-order valence-electron chi connectivity index (χ0n) is 13.2. The van der Waals surface area contributed by atoms with Crippen LogP contribution >= 0.6 is 11.6 Å². The van der Waals surface area contributed by atoms with Crippen molar-refractivity contribution in [3.05, 3.63) is 22.8 Å². The summed E-state index contributed by atoms with van der Waals surface area (Å²) in [4.78, 5) is 23.4. The zero-order chi connectivity index (χ0) is 16.4. The van der Waals surface area contributed by atoms with E-state index < -0.39 is 0 Å². The molecular formula is C16H20ClN5O. The number of nitrogens with zero attached hydrogens (tertiary/aromatic N) is 5. The van der Waals surface area contributed by atoms with Gasteiger partial charge in [0.15, 0.2) is 5.69 Å². The van der Waals surface area contributed by atoms with E-state index >= 15 is 0 Å². The van der Waals surface area contributed by atoms with Crippen LogP contribution in [0.4, 0.5) is 5.82 Å². The highest BCUT2D eigenvalue weighted by atomic mass is 35.5. The second kappa shape index (κ2) is 6.73. The van der Waals surface area contributed by atoms with Crippen LogP contribution in [0.5, 0.6) is 0 Å². The van der Waals surface area contributed by atoms with Crippen LogP contribution in [0.2, 0.25) is 5.02 Å². The molecule has 3 heterocycles. The van der Waals surface area contributed by atoms with Crippen LogP contribution in [0.1, 0.15) is 18.5 Å². The summed E-state index contributed by atoms with van der Waals surface area (Å²) < 4.78 is 0. The quantitative estimate of drug-likeness (QED) is 0.817. The first-order valence-electron chi connectivity index (χ1n) is 7.91. The molecule has 0 aromatic carbocycles. The first kappa shape index (κ1) is 16.0. The van der Waals surface area contributed by atoms with Crippen LogP contribution in [-0.4, -0.2) is 66.5 Å². The number of rotatable bonds is 2. The fourth-order valence-electron chi connectivity index (χ4n) is 3.21. The van der Waals surface area contributed by atoms with Crippen molar-refractivity contribution in [2.75, 3.05) is 44.7 Å². The van der Waals surface area contributed by atoms with Gasteiger partial charge in [0, 0.05) is 32.7 Å². The molecule has 1 amide bonds. The molecule has 7 heteroatoms. The number of pyridine rings is 1. The molecule has 0 radical (unpaired) electrons. The smallest absolute Gasteiger partial charge is 0.245 e. The van der Waals surface area contributed by atoms with Crippen molar-refractivity contribution < 1.29 is 4.79 Å². The fourth-order valence-corrected chi connectivity index (χ4v) is 3.35. The van der Waals surface area contributed by atoms with Gasteiger partial charge in [-0.25, -0.2) is 4.98 Å². The lowest BCUT2D eigenvalue weighted by atomic mass is 10.1. The highest BCUT2D eigenvalue weighted by molar-refractivity contribution is 6.31. The topological polar surface area (TPSA) is 63.5 Å². The van der Waals surface area contributed by atoms with Crippen LogP contribution in [0.15, 0.2) is 12.1 Å². The summed E-state index contributed by atoms with van der Waals surface area (Å²) in [5, 5.41) is 9.44. The largest absolute Gasteiger partial charge is 0.345 e. The van der Waals surface area contributed by atoms with Gasteiger partial charge in [-0.3, -0.25) is 4.79 Å². The van der Waals surface area contributed by atoms with Crippen LogP contribution in [0.25, 0.3) is 0 Å². The third-order valence-electron chi connectivity index (χ3n) is 4.58. The molecule has 0 bridgehead atoms. The lowest BCUT2D eigenvalue weighted by Gasteiger charge is -2.36. The maximum absolute atomic E-state index is 12.9. The van der Waals surface area contributed by atoms with E-state index in [9.17, 15) is 4.79 Å². The summed E-state index contributed by atoms with van der Waals surface area (Å²) in [6.07, 6.45) is 1.79. The Hall–Kier alpha value is -1.84. The fraction of sp³-hybridized carbons (Fsp3) is 0.562. The number of amides is 1. The van der Waals surface area contributed by atoms with Crippen molar-refractivity contribution in [3.8, 4) is 6.07 Å². The normalized spacial score (nSPS) is 22.2. The number of piperazine rings is 1. The Bertz CT molecular complexity index is 636. The minimum atomic E-state index is -0.182. The van der Waals surface area contributed by atoms with Crippen LogP contribution in [0, 0.1) is 11.3 Å². The number of hydrogen-bond acceptors (Lipinski definition) is 5. The third-order valence-corrected chi connectivity index (χ3v) is 4.89. The Morgan fingerprint density at radius 1 is 1.30 bits per heavy atom. The number of carbonyl (C=O) groups excluding carboxylic acids is 1. The van der Waals surface area contributed by atoms with Gasteiger partial charge >= 0.3 is 0 Å². The molecule has 0 spiro atoms. The van der Waals surface area contributed by atoms with E-state index in [4.69, 9.17) is 16.9 Å². The number of hydrogen-bond donors (Lipinski definition) is 0. The van der Waals surface area contributed by atoms with E-state index in [1.54, 1.807) is 12.1 Å². The average molecular weight is 334 g/mol. The second-order valence-corrected chi connectivity index (χ2v) is 6.50. The molecule has 0 N–H and O–H groups in total. The Balaban J connectivity index is 1.77. The van der Waals surface area contributed by atoms with Crippen molar-refractivity contribution in [1.29, 1.82) is 5.26 Å². The van der Waals surface area contributed by atoms with Crippen LogP contribution in [0.3, 0.4) is 0 Å². The Morgan fingerprint density at radius 2 is 2.04 bits per heavy atom. The predicted molar refractivity (Wildman–Crippen MR) is 88.4 cm³/mol. The molecule has 1 aromatic rings. The van der Waals surface area contributed by atoms with E-state index in [2.05, 4.69) is 16.9 Å². The number of nitriles is 1. The molecule has 0 saturated carbocycles. The monoisotopic (exact) mass is 333 g/mol. The average Bonchev–Trinajstić information content (AvgIpc) is 3.05. The summed E-state index contributed by atoms with van der Waals surface area (Å²) in [5.74, 6) is 0.835. The molecular weight excluding hydrogens is 314 g/mol. The van der Waals surface area contributed by atoms with Crippen molar-refractivity contribution in [2.45, 2.75) is 18.9 Å². The first-order chi connectivity index (χ1) is 11.1. The number of halogens is 1. The number of carbonyl (C=O) groups is 1. The van der Waals surface area contributed by atoms with Gasteiger partial charge in [0.05, 0.1) is 5.02 Å². The Kier molecular flexibility index (Phi) is 4.69. The first-order valence-corrected chi connectivity index (χ1v) is 8.28. The number of aromatic nitrogens is 1. The summed E-state index contributed by atoms with van der Waals surface area (Å²) in [6.45, 7) is 4.16. The molecule has 2 saturated heterocycles. The molecule has 0 unspecified atom stereocenters. The molecule has 3 rings (SSSR count). The minimum absolute atomic E-state index is 0.172. The van der Waals surface area contributed by atoms with Gasteiger partial charge in [0.2, 0.25) is 5.91 Å². The summed E-state index contributed by atoms with van der Waals surface area (Å²) in [6, 6.07) is 5.29. The number of likely N-dealkylation sites (N-methyl/N-ethyl adjacent to an activating group) is 1. The maximum Gasteiger partial charge on any atom is 0.245 e. The molecule has 23 heavy (non-hydrogen) atoms. The molecule has 6 nitrogen and oxygen atoms in total. The van der Waals surface area contributed by atoms with Crippen LogP contribution < -0.4 is 4.90 Å². The minimum Gasteiger partial charge on any atom is -0.345 e. The van der Waals surface area contributed by atoms with Gasteiger partial charge < -0.3 is 14.7 Å². The highest BCUT2D eigenvalue weighted by Crippen LogP contribution is 2.27. The van der Waals surface area contributed by atoms with E-state index in [0.29, 0.717) is 10.8 Å². The second-order valence-electron chi connectivity index (χ2n) is 6.09. The van der Waals surface area contributed by atoms with Gasteiger partial charge in [-0.05, 0) is 32.0 Å². The third kappa shape index (κ3) is 3.26. The van der Waals surface area contributed by atoms with Gasteiger partial charge in [-0.1, -0.05) is 11.6 Å². The predicted octanol–water partition coefficient (Wildman–Crippen LogP) is 1.35. The SMILES string of the molecule is CN1CCN(C(=O)[C@H]2CCCN2c2ccc(Cl)c(C#N)n2)CC1. The maximum atomic E-state index is 12.9.